The highest BCUT2D eigenvalue weighted by atomic mass is 16.5. The Morgan fingerprint density at radius 3 is 2.83 bits per heavy atom. The fourth-order valence-corrected chi connectivity index (χ4v) is 3.41. The Kier molecular flexibility index (Phi) is 3.41. The average molecular weight is 318 g/mol. The molecule has 2 fully saturated rings. The van der Waals surface area contributed by atoms with E-state index in [9.17, 15) is 4.79 Å². The lowest BCUT2D eigenvalue weighted by Gasteiger charge is -2.17. The number of amides is 1. The Morgan fingerprint density at radius 1 is 1.30 bits per heavy atom. The van der Waals surface area contributed by atoms with Crippen LogP contribution in [0.25, 0.3) is 0 Å². The lowest BCUT2D eigenvalue weighted by atomic mass is 10.0. The Bertz CT molecular complexity index is 711. The van der Waals surface area contributed by atoms with Gasteiger partial charge in [0.05, 0.1) is 18.6 Å². The predicted octanol–water partition coefficient (Wildman–Crippen LogP) is 1.15. The number of nitrogens with zero attached hydrogens (tertiary/aromatic N) is 4. The number of rotatable bonds is 3. The van der Waals surface area contributed by atoms with E-state index in [-0.39, 0.29) is 18.1 Å². The van der Waals surface area contributed by atoms with Crippen molar-refractivity contribution in [2.45, 2.75) is 38.9 Å². The van der Waals surface area contributed by atoms with Crippen LogP contribution < -0.4 is 0 Å². The van der Waals surface area contributed by atoms with Gasteiger partial charge in [-0.3, -0.25) is 4.79 Å². The van der Waals surface area contributed by atoms with Gasteiger partial charge < -0.3 is 18.7 Å². The molecule has 23 heavy (non-hydrogen) atoms. The molecule has 0 aromatic carbocycles. The number of fused-ring (bicyclic) bond motifs is 1. The van der Waals surface area contributed by atoms with Gasteiger partial charge in [0.15, 0.2) is 11.5 Å². The van der Waals surface area contributed by atoms with Crippen molar-refractivity contribution in [3.05, 3.63) is 29.2 Å². The zero-order chi connectivity index (χ0) is 16.0. The van der Waals surface area contributed by atoms with E-state index in [1.165, 1.54) is 0 Å². The average Bonchev–Trinajstić information content (AvgIpc) is 3.23. The lowest BCUT2D eigenvalue weighted by molar-refractivity contribution is 0.0328. The van der Waals surface area contributed by atoms with Crippen molar-refractivity contribution in [2.75, 3.05) is 13.1 Å². The summed E-state index contributed by atoms with van der Waals surface area (Å²) in [6, 6.07) is 1.66. The number of aryl methyl sites for hydroxylation is 2. The molecular formula is C15H18N4O4. The van der Waals surface area contributed by atoms with Crippen LogP contribution in [0.2, 0.25) is 0 Å². The van der Waals surface area contributed by atoms with E-state index in [2.05, 4.69) is 15.3 Å². The number of ether oxygens (including phenoxy) is 1. The number of carbonyl (C=O) groups excluding carboxylic acids is 1. The Hall–Kier alpha value is -2.22. The van der Waals surface area contributed by atoms with Crippen LogP contribution >= 0.6 is 0 Å². The van der Waals surface area contributed by atoms with Crippen LogP contribution in [0, 0.1) is 19.8 Å². The van der Waals surface area contributed by atoms with Crippen LogP contribution in [0.15, 0.2) is 15.1 Å². The number of hydrogen-bond donors (Lipinski definition) is 0. The smallest absolute Gasteiger partial charge is 0.276 e. The van der Waals surface area contributed by atoms with Gasteiger partial charge >= 0.3 is 0 Å². The summed E-state index contributed by atoms with van der Waals surface area (Å²) < 4.78 is 16.2. The lowest BCUT2D eigenvalue weighted by Crippen LogP contribution is -2.31. The molecule has 122 valence electrons. The van der Waals surface area contributed by atoms with Gasteiger partial charge in [-0.15, -0.1) is 0 Å². The van der Waals surface area contributed by atoms with Crippen LogP contribution in [0.3, 0.4) is 0 Å². The van der Waals surface area contributed by atoms with Crippen molar-refractivity contribution in [1.82, 2.24) is 20.2 Å². The maximum atomic E-state index is 12.4. The van der Waals surface area contributed by atoms with Crippen molar-refractivity contribution in [2.24, 2.45) is 5.92 Å². The molecule has 4 rings (SSSR count). The van der Waals surface area contributed by atoms with E-state index in [1.807, 2.05) is 0 Å². The van der Waals surface area contributed by atoms with E-state index in [1.54, 1.807) is 24.8 Å². The molecule has 0 spiro atoms. The van der Waals surface area contributed by atoms with Crippen LogP contribution in [0.1, 0.15) is 34.4 Å². The highest BCUT2D eigenvalue weighted by molar-refractivity contribution is 5.92. The summed E-state index contributed by atoms with van der Waals surface area (Å²) in [6.45, 7) is 4.85. The third-order valence-corrected chi connectivity index (χ3v) is 4.42. The zero-order valence-corrected chi connectivity index (χ0v) is 13.1. The van der Waals surface area contributed by atoms with Crippen molar-refractivity contribution in [3.63, 3.8) is 0 Å². The molecule has 2 aliphatic heterocycles. The summed E-state index contributed by atoms with van der Waals surface area (Å²) >= 11 is 0. The first-order valence-corrected chi connectivity index (χ1v) is 7.75. The minimum Gasteiger partial charge on any atom is -0.372 e. The van der Waals surface area contributed by atoms with E-state index in [0.717, 1.165) is 6.42 Å². The molecule has 0 N–H and O–H groups in total. The van der Waals surface area contributed by atoms with E-state index >= 15 is 0 Å². The van der Waals surface area contributed by atoms with Crippen LogP contribution in [-0.2, 0) is 11.2 Å². The van der Waals surface area contributed by atoms with Crippen molar-refractivity contribution >= 4 is 5.91 Å². The van der Waals surface area contributed by atoms with Crippen LogP contribution in [-0.4, -0.2) is 51.4 Å². The molecule has 0 saturated carbocycles. The largest absolute Gasteiger partial charge is 0.372 e. The summed E-state index contributed by atoms with van der Waals surface area (Å²) in [7, 11) is 0. The third-order valence-electron chi connectivity index (χ3n) is 4.42. The first kappa shape index (κ1) is 14.4. The molecule has 0 unspecified atom stereocenters. The molecular weight excluding hydrogens is 300 g/mol. The number of likely N-dealkylation sites (tertiary alicyclic amines) is 1. The molecule has 2 saturated heterocycles. The molecule has 3 atom stereocenters. The second kappa shape index (κ2) is 5.45. The molecule has 0 bridgehead atoms. The normalized spacial score (nSPS) is 26.7. The second-order valence-electron chi connectivity index (χ2n) is 6.26. The molecule has 8 nitrogen and oxygen atoms in total. The van der Waals surface area contributed by atoms with Crippen molar-refractivity contribution < 1.29 is 18.6 Å². The van der Waals surface area contributed by atoms with Gasteiger partial charge in [-0.1, -0.05) is 10.3 Å². The fourth-order valence-electron chi connectivity index (χ4n) is 3.41. The zero-order valence-electron chi connectivity index (χ0n) is 13.1. The molecule has 2 aromatic rings. The highest BCUT2D eigenvalue weighted by Crippen LogP contribution is 2.34. The number of hydrogen-bond acceptors (Lipinski definition) is 7. The maximum Gasteiger partial charge on any atom is 0.276 e. The minimum atomic E-state index is -0.0936. The number of carbonyl (C=O) groups is 1. The summed E-state index contributed by atoms with van der Waals surface area (Å²) in [5, 5.41) is 7.58. The Labute approximate surface area is 132 Å². The first-order chi connectivity index (χ1) is 11.1. The quantitative estimate of drug-likeness (QED) is 0.837. The van der Waals surface area contributed by atoms with Gasteiger partial charge in [-0.2, -0.15) is 4.98 Å². The molecule has 2 aromatic heterocycles. The van der Waals surface area contributed by atoms with Gasteiger partial charge in [-0.25, -0.2) is 0 Å². The van der Waals surface area contributed by atoms with E-state index < -0.39 is 0 Å². The van der Waals surface area contributed by atoms with E-state index in [4.69, 9.17) is 13.8 Å². The summed E-state index contributed by atoms with van der Waals surface area (Å²) in [4.78, 5) is 18.4. The van der Waals surface area contributed by atoms with Crippen LogP contribution in [0.4, 0.5) is 0 Å². The van der Waals surface area contributed by atoms with Gasteiger partial charge in [0.25, 0.3) is 5.91 Å². The standard InChI is InChI=1S/C15H18N4O4/c1-8-3-12(18-22-8)15(20)19-6-10-4-11(21-13(10)7-19)5-14-16-9(2)17-23-14/h3,10-11,13H,4-7H2,1-2H3/t10-,11+,13+/m1/s1. The molecule has 2 aliphatic rings. The fraction of sp³-hybridized carbons (Fsp3) is 0.600. The Morgan fingerprint density at radius 2 is 2.17 bits per heavy atom. The Balaban J connectivity index is 1.35. The predicted molar refractivity (Wildman–Crippen MR) is 76.7 cm³/mol. The van der Waals surface area contributed by atoms with Crippen LogP contribution in [0.5, 0.6) is 0 Å². The minimum absolute atomic E-state index is 0.0703. The molecule has 4 heterocycles. The molecule has 1 amide bonds. The SMILES string of the molecule is Cc1noc(C[C@@H]2C[C@@H]3CN(C(=O)c4cc(C)on4)C[C@@H]3O2)n1. The van der Waals surface area contributed by atoms with Crippen molar-refractivity contribution in [1.29, 1.82) is 0 Å². The monoisotopic (exact) mass is 318 g/mol. The molecule has 0 aliphatic carbocycles. The summed E-state index contributed by atoms with van der Waals surface area (Å²) in [5.74, 6) is 2.14. The highest BCUT2D eigenvalue weighted by Gasteiger charge is 2.44. The van der Waals surface area contributed by atoms with Gasteiger partial charge in [0, 0.05) is 25.1 Å². The van der Waals surface area contributed by atoms with E-state index in [0.29, 0.717) is 48.6 Å². The molecule has 8 heteroatoms. The number of aromatic nitrogens is 3. The summed E-state index contributed by atoms with van der Waals surface area (Å²) in [6.07, 6.45) is 1.68. The second-order valence-corrected chi connectivity index (χ2v) is 6.26. The van der Waals surface area contributed by atoms with Gasteiger partial charge in [0.1, 0.15) is 5.76 Å². The van der Waals surface area contributed by atoms with Crippen molar-refractivity contribution in [3.8, 4) is 0 Å². The topological polar surface area (TPSA) is 94.5 Å². The first-order valence-electron chi connectivity index (χ1n) is 7.75. The summed E-state index contributed by atoms with van der Waals surface area (Å²) in [5.41, 5.74) is 0.361. The van der Waals surface area contributed by atoms with Gasteiger partial charge in [0.2, 0.25) is 5.89 Å². The van der Waals surface area contributed by atoms with Gasteiger partial charge in [-0.05, 0) is 20.3 Å². The molecule has 0 radical (unpaired) electrons. The third kappa shape index (κ3) is 2.74. The maximum absolute atomic E-state index is 12.4.